The third-order valence-electron chi connectivity index (χ3n) is 4.10. The van der Waals surface area contributed by atoms with Crippen molar-refractivity contribution < 1.29 is 0 Å². The number of hydrogen-bond donors (Lipinski definition) is 1. The zero-order valence-electron chi connectivity index (χ0n) is 14.9. The standard InChI is InChI=1S/C19H34N2/c1-7-12-19(5,14-20-13-16(2)3)15-21(6)18-11-9-8-10-17(18)4/h8-11,16,20H,7,12-15H2,1-6H3. The summed E-state index contributed by atoms with van der Waals surface area (Å²) in [5.41, 5.74) is 3.03. The third kappa shape index (κ3) is 6.09. The van der Waals surface area contributed by atoms with Crippen LogP contribution < -0.4 is 10.2 Å². The molecule has 0 radical (unpaired) electrons. The number of para-hydroxylation sites is 1. The van der Waals surface area contributed by atoms with Crippen molar-refractivity contribution in [1.29, 1.82) is 0 Å². The lowest BCUT2D eigenvalue weighted by Crippen LogP contribution is -2.42. The first-order valence-corrected chi connectivity index (χ1v) is 8.35. The maximum Gasteiger partial charge on any atom is 0.0393 e. The maximum atomic E-state index is 3.66. The van der Waals surface area contributed by atoms with Gasteiger partial charge in [0.25, 0.3) is 0 Å². The summed E-state index contributed by atoms with van der Waals surface area (Å²) in [4.78, 5) is 2.42. The van der Waals surface area contributed by atoms with E-state index in [9.17, 15) is 0 Å². The van der Waals surface area contributed by atoms with Gasteiger partial charge in [-0.2, -0.15) is 0 Å². The number of aryl methyl sites for hydroxylation is 1. The molecule has 0 amide bonds. The first-order chi connectivity index (χ1) is 9.88. The van der Waals surface area contributed by atoms with Gasteiger partial charge in [-0.1, -0.05) is 52.3 Å². The van der Waals surface area contributed by atoms with Gasteiger partial charge in [-0.05, 0) is 42.9 Å². The summed E-state index contributed by atoms with van der Waals surface area (Å²) >= 11 is 0. The number of hydrogen-bond acceptors (Lipinski definition) is 2. The van der Waals surface area contributed by atoms with Gasteiger partial charge in [-0.3, -0.25) is 0 Å². The van der Waals surface area contributed by atoms with E-state index in [0.717, 1.165) is 19.6 Å². The number of nitrogens with one attached hydrogen (secondary N) is 1. The van der Waals surface area contributed by atoms with Crippen LogP contribution in [0.2, 0.25) is 0 Å². The highest BCUT2D eigenvalue weighted by Gasteiger charge is 2.25. The van der Waals surface area contributed by atoms with Gasteiger partial charge in [0.05, 0.1) is 0 Å². The topological polar surface area (TPSA) is 15.3 Å². The Morgan fingerprint density at radius 2 is 1.90 bits per heavy atom. The van der Waals surface area contributed by atoms with E-state index < -0.39 is 0 Å². The van der Waals surface area contributed by atoms with E-state index in [1.165, 1.54) is 24.1 Å². The Kier molecular flexibility index (Phi) is 7.24. The smallest absolute Gasteiger partial charge is 0.0393 e. The summed E-state index contributed by atoms with van der Waals surface area (Å²) in [6.07, 6.45) is 2.50. The van der Waals surface area contributed by atoms with Crippen LogP contribution in [0, 0.1) is 18.3 Å². The molecule has 2 heteroatoms. The van der Waals surface area contributed by atoms with Crippen molar-refractivity contribution in [2.24, 2.45) is 11.3 Å². The molecule has 120 valence electrons. The first-order valence-electron chi connectivity index (χ1n) is 8.35. The van der Waals surface area contributed by atoms with Crippen molar-refractivity contribution in [3.05, 3.63) is 29.8 Å². The van der Waals surface area contributed by atoms with Crippen LogP contribution in [-0.4, -0.2) is 26.7 Å². The fourth-order valence-electron chi connectivity index (χ4n) is 3.14. The molecule has 0 heterocycles. The van der Waals surface area contributed by atoms with Gasteiger partial charge in [0.2, 0.25) is 0 Å². The maximum absolute atomic E-state index is 3.66. The average molecular weight is 290 g/mol. The normalized spacial score (nSPS) is 14.2. The van der Waals surface area contributed by atoms with Gasteiger partial charge in [0.15, 0.2) is 0 Å². The lowest BCUT2D eigenvalue weighted by atomic mass is 9.84. The molecule has 1 rings (SSSR count). The Balaban J connectivity index is 2.70. The number of rotatable bonds is 9. The molecule has 1 aromatic carbocycles. The van der Waals surface area contributed by atoms with Gasteiger partial charge in [-0.15, -0.1) is 0 Å². The SMILES string of the molecule is CCCC(C)(CNCC(C)C)CN(C)c1ccccc1C. The molecule has 0 saturated carbocycles. The summed E-state index contributed by atoms with van der Waals surface area (Å²) in [6, 6.07) is 8.67. The van der Waals surface area contributed by atoms with E-state index in [2.05, 4.69) is 76.1 Å². The zero-order chi connectivity index (χ0) is 15.9. The highest BCUT2D eigenvalue weighted by atomic mass is 15.1. The summed E-state index contributed by atoms with van der Waals surface area (Å²) < 4.78 is 0. The molecule has 0 aliphatic carbocycles. The van der Waals surface area contributed by atoms with Crippen LogP contribution >= 0.6 is 0 Å². The van der Waals surface area contributed by atoms with E-state index in [-0.39, 0.29) is 0 Å². The Morgan fingerprint density at radius 1 is 1.24 bits per heavy atom. The third-order valence-corrected chi connectivity index (χ3v) is 4.10. The highest BCUT2D eigenvalue weighted by molar-refractivity contribution is 5.52. The molecule has 1 atom stereocenters. The lowest BCUT2D eigenvalue weighted by molar-refractivity contribution is 0.279. The van der Waals surface area contributed by atoms with Crippen LogP contribution in [0.5, 0.6) is 0 Å². The first kappa shape index (κ1) is 18.0. The Bertz CT molecular complexity index is 414. The summed E-state index contributed by atoms with van der Waals surface area (Å²) in [5.74, 6) is 0.713. The van der Waals surface area contributed by atoms with Gasteiger partial charge < -0.3 is 10.2 Å². The molecule has 1 aromatic rings. The molecule has 0 bridgehead atoms. The molecule has 2 nitrogen and oxygen atoms in total. The quantitative estimate of drug-likeness (QED) is 0.721. The second-order valence-corrected chi connectivity index (χ2v) is 7.23. The monoisotopic (exact) mass is 290 g/mol. The van der Waals surface area contributed by atoms with E-state index in [4.69, 9.17) is 0 Å². The second-order valence-electron chi connectivity index (χ2n) is 7.23. The van der Waals surface area contributed by atoms with Gasteiger partial charge in [-0.25, -0.2) is 0 Å². The van der Waals surface area contributed by atoms with Crippen LogP contribution in [0.1, 0.15) is 46.1 Å². The second kappa shape index (κ2) is 8.43. The number of benzene rings is 1. The van der Waals surface area contributed by atoms with Crippen LogP contribution in [0.4, 0.5) is 5.69 Å². The molecule has 0 spiro atoms. The molecular weight excluding hydrogens is 256 g/mol. The summed E-state index contributed by atoms with van der Waals surface area (Å²) in [7, 11) is 2.22. The van der Waals surface area contributed by atoms with E-state index in [1.807, 2.05) is 0 Å². The highest BCUT2D eigenvalue weighted by Crippen LogP contribution is 2.27. The minimum absolute atomic E-state index is 0.320. The molecule has 1 N–H and O–H groups in total. The van der Waals surface area contributed by atoms with Gasteiger partial charge in [0, 0.05) is 25.8 Å². The van der Waals surface area contributed by atoms with Crippen LogP contribution in [-0.2, 0) is 0 Å². The minimum Gasteiger partial charge on any atom is -0.374 e. The molecule has 0 aliphatic heterocycles. The molecular formula is C19H34N2. The molecule has 1 unspecified atom stereocenters. The Labute approximate surface area is 131 Å². The molecule has 0 aromatic heterocycles. The van der Waals surface area contributed by atoms with E-state index in [1.54, 1.807) is 0 Å². The van der Waals surface area contributed by atoms with Crippen LogP contribution in [0.3, 0.4) is 0 Å². The fraction of sp³-hybridized carbons (Fsp3) is 0.684. The van der Waals surface area contributed by atoms with Crippen molar-refractivity contribution in [3.8, 4) is 0 Å². The molecule has 0 fully saturated rings. The van der Waals surface area contributed by atoms with Crippen molar-refractivity contribution in [3.63, 3.8) is 0 Å². The number of nitrogens with zero attached hydrogens (tertiary/aromatic N) is 1. The van der Waals surface area contributed by atoms with Crippen molar-refractivity contribution in [2.45, 2.75) is 47.5 Å². The minimum atomic E-state index is 0.320. The predicted octanol–water partition coefficient (Wildman–Crippen LogP) is 4.48. The van der Waals surface area contributed by atoms with E-state index >= 15 is 0 Å². The summed E-state index contributed by atoms with van der Waals surface area (Å²) in [5, 5.41) is 3.66. The predicted molar refractivity (Wildman–Crippen MR) is 95.2 cm³/mol. The van der Waals surface area contributed by atoms with Gasteiger partial charge >= 0.3 is 0 Å². The zero-order valence-corrected chi connectivity index (χ0v) is 14.9. The van der Waals surface area contributed by atoms with Crippen molar-refractivity contribution in [2.75, 3.05) is 31.6 Å². The molecule has 0 aliphatic rings. The van der Waals surface area contributed by atoms with Crippen LogP contribution in [0.15, 0.2) is 24.3 Å². The lowest BCUT2D eigenvalue weighted by Gasteiger charge is -2.36. The van der Waals surface area contributed by atoms with Crippen molar-refractivity contribution in [1.82, 2.24) is 5.32 Å². The van der Waals surface area contributed by atoms with Crippen LogP contribution in [0.25, 0.3) is 0 Å². The van der Waals surface area contributed by atoms with E-state index in [0.29, 0.717) is 11.3 Å². The molecule has 0 saturated heterocycles. The summed E-state index contributed by atoms with van der Waals surface area (Å²) in [6.45, 7) is 14.7. The fourth-order valence-corrected chi connectivity index (χ4v) is 3.14. The average Bonchev–Trinajstić information content (AvgIpc) is 2.38. The number of anilines is 1. The Morgan fingerprint density at radius 3 is 2.48 bits per heavy atom. The van der Waals surface area contributed by atoms with Crippen molar-refractivity contribution >= 4 is 5.69 Å². The largest absolute Gasteiger partial charge is 0.374 e. The van der Waals surface area contributed by atoms with Gasteiger partial charge in [0.1, 0.15) is 0 Å². The molecule has 21 heavy (non-hydrogen) atoms. The Hall–Kier alpha value is -1.02.